The highest BCUT2D eigenvalue weighted by Crippen LogP contribution is 2.22. The van der Waals surface area contributed by atoms with Gasteiger partial charge >= 0.3 is 0 Å². The highest BCUT2D eigenvalue weighted by atomic mass is 16.1. The van der Waals surface area contributed by atoms with E-state index in [1.165, 1.54) is 37.7 Å². The summed E-state index contributed by atoms with van der Waals surface area (Å²) in [6.07, 6.45) is 16.1. The van der Waals surface area contributed by atoms with Gasteiger partial charge in [0.25, 0.3) is 0 Å². The minimum absolute atomic E-state index is 0.0262. The van der Waals surface area contributed by atoms with Gasteiger partial charge in [-0.15, -0.1) is 0 Å². The first-order valence-electron chi connectivity index (χ1n) is 8.49. The summed E-state index contributed by atoms with van der Waals surface area (Å²) < 4.78 is 0. The van der Waals surface area contributed by atoms with E-state index < -0.39 is 0 Å². The summed E-state index contributed by atoms with van der Waals surface area (Å²) in [5.41, 5.74) is 1.35. The summed E-state index contributed by atoms with van der Waals surface area (Å²) >= 11 is 0. The molecule has 1 saturated carbocycles. The van der Waals surface area contributed by atoms with Crippen molar-refractivity contribution >= 4 is 5.91 Å². The van der Waals surface area contributed by atoms with Crippen molar-refractivity contribution in [3.63, 3.8) is 0 Å². The van der Waals surface area contributed by atoms with Crippen LogP contribution in [0.4, 0.5) is 0 Å². The van der Waals surface area contributed by atoms with Crippen molar-refractivity contribution in [2.24, 2.45) is 5.92 Å². The molecule has 1 aliphatic rings. The smallest absolute Gasteiger partial charge is 0.243 e. The second-order valence-electron chi connectivity index (χ2n) is 6.06. The number of hydrogen-bond acceptors (Lipinski definition) is 1. The predicted octanol–water partition coefficient (Wildman–Crippen LogP) is 4.43. The molecule has 0 atom stereocenters. The number of carbonyl (C=O) groups excluding carboxylic acids is 1. The largest absolute Gasteiger partial charge is 0.352 e. The lowest BCUT2D eigenvalue weighted by atomic mass is 9.89. The highest BCUT2D eigenvalue weighted by molar-refractivity contribution is 5.87. The summed E-state index contributed by atoms with van der Waals surface area (Å²) in [5.74, 6) is 0.714. The molecule has 1 aliphatic carbocycles. The molecule has 0 aromatic heterocycles. The Kier molecular flexibility index (Phi) is 7.51. The molecule has 0 saturated heterocycles. The molecule has 1 aromatic carbocycles. The van der Waals surface area contributed by atoms with Gasteiger partial charge in [0.1, 0.15) is 0 Å². The van der Waals surface area contributed by atoms with Crippen LogP contribution in [0.25, 0.3) is 0 Å². The zero-order valence-corrected chi connectivity index (χ0v) is 13.3. The zero-order valence-electron chi connectivity index (χ0n) is 13.3. The Morgan fingerprint density at radius 2 is 1.86 bits per heavy atom. The Balaban J connectivity index is 1.57. The van der Waals surface area contributed by atoms with Crippen molar-refractivity contribution in [3.05, 3.63) is 60.2 Å². The monoisotopic (exact) mass is 297 g/mol. The summed E-state index contributed by atoms with van der Waals surface area (Å²) in [4.78, 5) is 11.7. The van der Waals surface area contributed by atoms with Gasteiger partial charge in [-0.3, -0.25) is 4.79 Å². The molecule has 0 aliphatic heterocycles. The molecule has 2 nitrogen and oxygen atoms in total. The number of nitrogens with one attached hydrogen (secondary N) is 1. The Morgan fingerprint density at radius 3 is 2.64 bits per heavy atom. The topological polar surface area (TPSA) is 29.1 Å². The third kappa shape index (κ3) is 6.75. The highest BCUT2D eigenvalue weighted by Gasteiger charge is 2.13. The van der Waals surface area contributed by atoms with E-state index in [9.17, 15) is 4.79 Å². The summed E-state index contributed by atoms with van der Waals surface area (Å²) in [6.45, 7) is 0.834. The Hall–Kier alpha value is -1.83. The summed E-state index contributed by atoms with van der Waals surface area (Å²) in [6, 6.07) is 10.4. The predicted molar refractivity (Wildman–Crippen MR) is 92.6 cm³/mol. The normalized spacial score (nSPS) is 16.4. The molecule has 0 heterocycles. The van der Waals surface area contributed by atoms with Crippen LogP contribution < -0.4 is 5.32 Å². The van der Waals surface area contributed by atoms with Crippen LogP contribution in [-0.2, 0) is 11.2 Å². The standard InChI is InChI=1S/C20H27NO/c22-20(21-17-19-14-8-4-9-15-19)16-10-2-1-5-11-18-12-6-3-7-13-18/h1-3,6-7,10,12-13,16,19H,4-5,8-9,11,14-15,17H2,(H,21,22)/b2-1+,16-10+. The molecule has 0 unspecified atom stereocenters. The van der Waals surface area contributed by atoms with E-state index in [1.54, 1.807) is 6.08 Å². The molecule has 118 valence electrons. The Bertz CT molecular complexity index is 484. The molecule has 2 heteroatoms. The number of aryl methyl sites for hydroxylation is 1. The molecular weight excluding hydrogens is 270 g/mol. The number of carbonyl (C=O) groups is 1. The summed E-state index contributed by atoms with van der Waals surface area (Å²) in [5, 5.41) is 3.01. The van der Waals surface area contributed by atoms with Crippen molar-refractivity contribution in [2.75, 3.05) is 6.54 Å². The van der Waals surface area contributed by atoms with E-state index >= 15 is 0 Å². The van der Waals surface area contributed by atoms with Gasteiger partial charge in [-0.25, -0.2) is 0 Å². The van der Waals surface area contributed by atoms with Gasteiger partial charge in [0, 0.05) is 12.6 Å². The molecule has 2 rings (SSSR count). The van der Waals surface area contributed by atoms with E-state index in [0.717, 1.165) is 19.4 Å². The first kappa shape index (κ1) is 16.5. The maximum absolute atomic E-state index is 11.7. The molecular formula is C20H27NO. The quantitative estimate of drug-likeness (QED) is 0.585. The first-order valence-corrected chi connectivity index (χ1v) is 8.49. The van der Waals surface area contributed by atoms with Crippen molar-refractivity contribution in [1.29, 1.82) is 0 Å². The molecule has 22 heavy (non-hydrogen) atoms. The van der Waals surface area contributed by atoms with E-state index in [0.29, 0.717) is 5.92 Å². The second kappa shape index (κ2) is 9.99. The fourth-order valence-electron chi connectivity index (χ4n) is 2.91. The van der Waals surface area contributed by atoms with Crippen LogP contribution in [0.1, 0.15) is 44.1 Å². The SMILES string of the molecule is O=C(/C=C/C=C/CCc1ccccc1)NCC1CCCCC1. The third-order valence-electron chi connectivity index (χ3n) is 4.23. The number of rotatable bonds is 7. The number of benzene rings is 1. The van der Waals surface area contributed by atoms with Crippen LogP contribution in [0.15, 0.2) is 54.6 Å². The van der Waals surface area contributed by atoms with Crippen LogP contribution >= 0.6 is 0 Å². The summed E-state index contributed by atoms with van der Waals surface area (Å²) in [7, 11) is 0. The van der Waals surface area contributed by atoms with Gasteiger partial charge in [-0.1, -0.05) is 67.8 Å². The molecule has 0 radical (unpaired) electrons. The van der Waals surface area contributed by atoms with Gasteiger partial charge < -0.3 is 5.32 Å². The fraction of sp³-hybridized carbons (Fsp3) is 0.450. The molecule has 1 fully saturated rings. The van der Waals surface area contributed by atoms with Crippen LogP contribution in [0.2, 0.25) is 0 Å². The van der Waals surface area contributed by atoms with Gasteiger partial charge in [-0.05, 0) is 37.2 Å². The lowest BCUT2D eigenvalue weighted by Gasteiger charge is -2.21. The molecule has 1 N–H and O–H groups in total. The van der Waals surface area contributed by atoms with Gasteiger partial charge in [0.2, 0.25) is 5.91 Å². The lowest BCUT2D eigenvalue weighted by Crippen LogP contribution is -2.28. The molecule has 0 bridgehead atoms. The van der Waals surface area contributed by atoms with Crippen molar-refractivity contribution < 1.29 is 4.79 Å². The van der Waals surface area contributed by atoms with Crippen LogP contribution in [-0.4, -0.2) is 12.5 Å². The van der Waals surface area contributed by atoms with Gasteiger partial charge in [0.15, 0.2) is 0 Å². The number of allylic oxidation sites excluding steroid dienone is 3. The minimum atomic E-state index is 0.0262. The van der Waals surface area contributed by atoms with E-state index in [4.69, 9.17) is 0 Å². The minimum Gasteiger partial charge on any atom is -0.352 e. The number of hydrogen-bond donors (Lipinski definition) is 1. The Morgan fingerprint density at radius 1 is 1.09 bits per heavy atom. The van der Waals surface area contributed by atoms with Crippen molar-refractivity contribution in [3.8, 4) is 0 Å². The molecule has 1 aromatic rings. The average molecular weight is 297 g/mol. The number of amides is 1. The van der Waals surface area contributed by atoms with Crippen molar-refractivity contribution in [1.82, 2.24) is 5.32 Å². The van der Waals surface area contributed by atoms with Crippen LogP contribution in [0, 0.1) is 5.92 Å². The first-order chi connectivity index (χ1) is 10.8. The maximum atomic E-state index is 11.7. The molecule has 1 amide bonds. The van der Waals surface area contributed by atoms with Crippen molar-refractivity contribution in [2.45, 2.75) is 44.9 Å². The Labute approximate surface area is 134 Å². The van der Waals surface area contributed by atoms with E-state index in [-0.39, 0.29) is 5.91 Å². The van der Waals surface area contributed by atoms with E-state index in [2.05, 4.69) is 35.7 Å². The third-order valence-corrected chi connectivity index (χ3v) is 4.23. The van der Waals surface area contributed by atoms with Crippen LogP contribution in [0.5, 0.6) is 0 Å². The van der Waals surface area contributed by atoms with Crippen LogP contribution in [0.3, 0.4) is 0 Å². The fourth-order valence-corrected chi connectivity index (χ4v) is 2.91. The lowest BCUT2D eigenvalue weighted by molar-refractivity contribution is -0.116. The zero-order chi connectivity index (χ0) is 15.5. The van der Waals surface area contributed by atoms with Gasteiger partial charge in [-0.2, -0.15) is 0 Å². The maximum Gasteiger partial charge on any atom is 0.243 e. The molecule has 0 spiro atoms. The van der Waals surface area contributed by atoms with E-state index in [1.807, 2.05) is 18.2 Å². The van der Waals surface area contributed by atoms with Gasteiger partial charge in [0.05, 0.1) is 0 Å². The average Bonchev–Trinajstić information content (AvgIpc) is 2.58. The second-order valence-corrected chi connectivity index (χ2v) is 6.06.